The van der Waals surface area contributed by atoms with Gasteiger partial charge in [0.2, 0.25) is 5.91 Å². The maximum Gasteiger partial charge on any atom is 0.224 e. The minimum atomic E-state index is -0.498. The molecule has 1 aromatic carbocycles. The van der Waals surface area contributed by atoms with Gasteiger partial charge in [-0.05, 0) is 31.4 Å². The quantitative estimate of drug-likeness (QED) is 0.810. The van der Waals surface area contributed by atoms with Gasteiger partial charge < -0.3 is 15.2 Å². The second-order valence-corrected chi connectivity index (χ2v) is 4.38. The lowest BCUT2D eigenvalue weighted by Crippen LogP contribution is -2.15. The molecule has 1 fully saturated rings. The van der Waals surface area contributed by atoms with Crippen LogP contribution in [-0.2, 0) is 9.53 Å². The number of nitrogens with one attached hydrogen (secondary N) is 1. The lowest BCUT2D eigenvalue weighted by Gasteiger charge is -2.10. The molecule has 1 aliphatic heterocycles. The van der Waals surface area contributed by atoms with E-state index >= 15 is 0 Å². The van der Waals surface area contributed by atoms with Crippen LogP contribution in [0.5, 0.6) is 5.75 Å². The molecule has 98 valence electrons. The Balaban J connectivity index is 1.84. The number of amides is 1. The summed E-state index contributed by atoms with van der Waals surface area (Å²) in [5.41, 5.74) is 0.104. The molecule has 1 aromatic rings. The van der Waals surface area contributed by atoms with Crippen LogP contribution in [0.4, 0.5) is 10.1 Å². The van der Waals surface area contributed by atoms with E-state index in [0.717, 1.165) is 31.6 Å². The second-order valence-electron chi connectivity index (χ2n) is 4.38. The van der Waals surface area contributed by atoms with Gasteiger partial charge in [-0.2, -0.15) is 0 Å². The van der Waals surface area contributed by atoms with Crippen molar-refractivity contribution in [3.05, 3.63) is 24.0 Å². The van der Waals surface area contributed by atoms with E-state index in [-0.39, 0.29) is 23.4 Å². The predicted molar refractivity (Wildman–Crippen MR) is 64.9 cm³/mol. The number of ether oxygens (including phenoxy) is 1. The topological polar surface area (TPSA) is 58.6 Å². The van der Waals surface area contributed by atoms with Crippen molar-refractivity contribution in [2.45, 2.75) is 31.8 Å². The molecule has 2 rings (SSSR count). The van der Waals surface area contributed by atoms with Gasteiger partial charge in [0, 0.05) is 19.1 Å². The standard InChI is InChI=1S/C13H16FNO3/c14-9-3-5-12(16)11(8-9)15-13(17)6-4-10-2-1-7-18-10/h3,5,8,10,16H,1-2,4,6-7H2,(H,15,17). The van der Waals surface area contributed by atoms with Crippen LogP contribution >= 0.6 is 0 Å². The van der Waals surface area contributed by atoms with E-state index in [4.69, 9.17) is 4.74 Å². The van der Waals surface area contributed by atoms with Crippen LogP contribution in [-0.4, -0.2) is 23.7 Å². The Morgan fingerprint density at radius 1 is 1.56 bits per heavy atom. The Morgan fingerprint density at radius 2 is 2.39 bits per heavy atom. The number of anilines is 1. The molecule has 0 bridgehead atoms. The van der Waals surface area contributed by atoms with Crippen molar-refractivity contribution in [3.8, 4) is 5.75 Å². The Morgan fingerprint density at radius 3 is 3.11 bits per heavy atom. The van der Waals surface area contributed by atoms with Gasteiger partial charge in [-0.15, -0.1) is 0 Å². The van der Waals surface area contributed by atoms with Crippen LogP contribution in [0, 0.1) is 5.82 Å². The average molecular weight is 253 g/mol. The molecule has 0 aliphatic carbocycles. The fourth-order valence-electron chi connectivity index (χ4n) is 1.99. The first-order valence-corrected chi connectivity index (χ1v) is 6.05. The fourth-order valence-corrected chi connectivity index (χ4v) is 1.99. The van der Waals surface area contributed by atoms with E-state index in [1.807, 2.05) is 0 Å². The zero-order chi connectivity index (χ0) is 13.0. The maximum atomic E-state index is 12.9. The Labute approximate surface area is 105 Å². The van der Waals surface area contributed by atoms with Gasteiger partial charge in [0.25, 0.3) is 0 Å². The third-order valence-electron chi connectivity index (χ3n) is 2.95. The molecule has 0 radical (unpaired) electrons. The first kappa shape index (κ1) is 12.8. The van der Waals surface area contributed by atoms with Gasteiger partial charge in [0.1, 0.15) is 11.6 Å². The molecule has 1 heterocycles. The monoisotopic (exact) mass is 253 g/mol. The smallest absolute Gasteiger partial charge is 0.224 e. The normalized spacial score (nSPS) is 18.8. The van der Waals surface area contributed by atoms with Crippen LogP contribution < -0.4 is 5.32 Å². The van der Waals surface area contributed by atoms with E-state index in [1.54, 1.807) is 0 Å². The maximum absolute atomic E-state index is 12.9. The number of hydrogen-bond acceptors (Lipinski definition) is 3. The summed E-state index contributed by atoms with van der Waals surface area (Å²) < 4.78 is 18.4. The van der Waals surface area contributed by atoms with Crippen molar-refractivity contribution in [3.63, 3.8) is 0 Å². The van der Waals surface area contributed by atoms with E-state index in [1.165, 1.54) is 6.07 Å². The zero-order valence-corrected chi connectivity index (χ0v) is 9.99. The van der Waals surface area contributed by atoms with Crippen LogP contribution in [0.15, 0.2) is 18.2 Å². The summed E-state index contributed by atoms with van der Waals surface area (Å²) in [5.74, 6) is -0.879. The predicted octanol–water partition coefficient (Wildman–Crippen LogP) is 2.43. The van der Waals surface area contributed by atoms with E-state index < -0.39 is 5.82 Å². The summed E-state index contributed by atoms with van der Waals surface area (Å²) in [6.45, 7) is 0.761. The minimum absolute atomic E-state index is 0.104. The molecule has 2 N–H and O–H groups in total. The highest BCUT2D eigenvalue weighted by Gasteiger charge is 2.17. The minimum Gasteiger partial charge on any atom is -0.506 e. The van der Waals surface area contributed by atoms with Crippen molar-refractivity contribution in [2.75, 3.05) is 11.9 Å². The summed E-state index contributed by atoms with van der Waals surface area (Å²) in [6, 6.07) is 3.45. The highest BCUT2D eigenvalue weighted by Crippen LogP contribution is 2.24. The Bertz CT molecular complexity index is 430. The molecule has 0 saturated carbocycles. The summed E-state index contributed by atoms with van der Waals surface area (Å²) in [6.07, 6.45) is 3.13. The molecule has 4 nitrogen and oxygen atoms in total. The molecule has 1 amide bonds. The summed E-state index contributed by atoms with van der Waals surface area (Å²) in [7, 11) is 0. The van der Waals surface area contributed by atoms with Crippen LogP contribution in [0.25, 0.3) is 0 Å². The zero-order valence-electron chi connectivity index (χ0n) is 9.99. The van der Waals surface area contributed by atoms with Crippen molar-refractivity contribution >= 4 is 11.6 Å². The SMILES string of the molecule is O=C(CCC1CCCO1)Nc1cc(F)ccc1O. The Hall–Kier alpha value is -1.62. The number of phenolic OH excluding ortho intramolecular Hbond substituents is 1. The van der Waals surface area contributed by atoms with Gasteiger partial charge in [-0.25, -0.2) is 4.39 Å². The molecular weight excluding hydrogens is 237 g/mol. The number of rotatable bonds is 4. The lowest BCUT2D eigenvalue weighted by molar-refractivity contribution is -0.116. The van der Waals surface area contributed by atoms with Crippen molar-refractivity contribution in [1.29, 1.82) is 0 Å². The number of benzene rings is 1. The van der Waals surface area contributed by atoms with Crippen molar-refractivity contribution in [1.82, 2.24) is 0 Å². The summed E-state index contributed by atoms with van der Waals surface area (Å²) in [5, 5.41) is 11.9. The van der Waals surface area contributed by atoms with Crippen LogP contribution in [0.2, 0.25) is 0 Å². The molecule has 1 atom stereocenters. The molecule has 0 aromatic heterocycles. The highest BCUT2D eigenvalue weighted by molar-refractivity contribution is 5.92. The number of hydrogen-bond donors (Lipinski definition) is 2. The van der Waals surface area contributed by atoms with Gasteiger partial charge in [0.15, 0.2) is 0 Å². The molecular formula is C13H16FNO3. The molecule has 1 unspecified atom stereocenters. The number of aromatic hydroxyl groups is 1. The van der Waals surface area contributed by atoms with Gasteiger partial charge in [-0.1, -0.05) is 0 Å². The summed E-state index contributed by atoms with van der Waals surface area (Å²) in [4.78, 5) is 11.6. The molecule has 5 heteroatoms. The van der Waals surface area contributed by atoms with E-state index in [2.05, 4.69) is 5.32 Å². The number of carbonyl (C=O) groups excluding carboxylic acids is 1. The fraction of sp³-hybridized carbons (Fsp3) is 0.462. The summed E-state index contributed by atoms with van der Waals surface area (Å²) >= 11 is 0. The van der Waals surface area contributed by atoms with Gasteiger partial charge in [0.05, 0.1) is 11.8 Å². The second kappa shape index (κ2) is 5.82. The van der Waals surface area contributed by atoms with Crippen LogP contribution in [0.1, 0.15) is 25.7 Å². The molecule has 1 saturated heterocycles. The first-order valence-electron chi connectivity index (χ1n) is 6.05. The molecule has 18 heavy (non-hydrogen) atoms. The van der Waals surface area contributed by atoms with Crippen molar-refractivity contribution in [2.24, 2.45) is 0 Å². The van der Waals surface area contributed by atoms with Crippen molar-refractivity contribution < 1.29 is 19.0 Å². The van der Waals surface area contributed by atoms with E-state index in [0.29, 0.717) is 12.8 Å². The van der Waals surface area contributed by atoms with Gasteiger partial charge >= 0.3 is 0 Å². The molecule has 1 aliphatic rings. The lowest BCUT2D eigenvalue weighted by atomic mass is 10.1. The first-order chi connectivity index (χ1) is 8.65. The third-order valence-corrected chi connectivity index (χ3v) is 2.95. The van der Waals surface area contributed by atoms with Gasteiger partial charge in [-0.3, -0.25) is 4.79 Å². The molecule has 0 spiro atoms. The number of phenols is 1. The third kappa shape index (κ3) is 3.43. The van der Waals surface area contributed by atoms with Crippen LogP contribution in [0.3, 0.4) is 0 Å². The van der Waals surface area contributed by atoms with E-state index in [9.17, 15) is 14.3 Å². The largest absolute Gasteiger partial charge is 0.506 e. The highest BCUT2D eigenvalue weighted by atomic mass is 19.1. The number of carbonyl (C=O) groups is 1. The number of halogens is 1. The Kier molecular flexibility index (Phi) is 4.15. The average Bonchev–Trinajstić information content (AvgIpc) is 2.84.